The van der Waals surface area contributed by atoms with E-state index in [1.165, 1.54) is 12.8 Å². The van der Waals surface area contributed by atoms with Crippen LogP contribution in [-0.2, 0) is 4.74 Å². The highest BCUT2D eigenvalue weighted by Gasteiger charge is 2.35. The first-order chi connectivity index (χ1) is 6.83. The highest BCUT2D eigenvalue weighted by atomic mass is 16.5. The number of ether oxygens (including phenoxy) is 1. The van der Waals surface area contributed by atoms with Crippen LogP contribution in [0.2, 0.25) is 0 Å². The van der Waals surface area contributed by atoms with E-state index in [1.807, 2.05) is 4.90 Å². The summed E-state index contributed by atoms with van der Waals surface area (Å²) in [5.74, 6) is 0.227. The number of nitrogens with zero attached hydrogens (tertiary/aromatic N) is 2. The second kappa shape index (κ2) is 4.04. The van der Waals surface area contributed by atoms with Gasteiger partial charge in [-0.2, -0.15) is 0 Å². The van der Waals surface area contributed by atoms with Crippen LogP contribution in [0.1, 0.15) is 25.7 Å². The Labute approximate surface area is 83.5 Å². The number of oxime groups is 1. The van der Waals surface area contributed by atoms with Crippen molar-refractivity contribution in [1.29, 1.82) is 0 Å². The second-order valence-corrected chi connectivity index (χ2v) is 3.91. The van der Waals surface area contributed by atoms with E-state index in [9.17, 15) is 0 Å². The fourth-order valence-corrected chi connectivity index (χ4v) is 2.44. The maximum absolute atomic E-state index is 8.66. The Balaban J connectivity index is 2.08. The molecule has 0 aromatic rings. The van der Waals surface area contributed by atoms with Gasteiger partial charge in [-0.25, -0.2) is 0 Å². The molecule has 1 saturated heterocycles. The summed E-state index contributed by atoms with van der Waals surface area (Å²) in [4.78, 5) is 1.97. The number of rotatable bonds is 0. The predicted molar refractivity (Wildman–Crippen MR) is 52.1 cm³/mol. The van der Waals surface area contributed by atoms with Crippen molar-refractivity contribution in [2.45, 2.75) is 37.8 Å². The van der Waals surface area contributed by atoms with Gasteiger partial charge in [-0.3, -0.25) is 0 Å². The Morgan fingerprint density at radius 1 is 1.43 bits per heavy atom. The first-order valence-electron chi connectivity index (χ1n) is 5.18. The molecule has 2 unspecified atom stereocenters. The molecule has 5 heteroatoms. The highest BCUT2D eigenvalue weighted by molar-refractivity contribution is 5.77. The van der Waals surface area contributed by atoms with Crippen molar-refractivity contribution in [3.63, 3.8) is 0 Å². The van der Waals surface area contributed by atoms with E-state index in [-0.39, 0.29) is 12.1 Å². The molecule has 80 valence electrons. The Bertz CT molecular complexity index is 230. The molecule has 1 aliphatic heterocycles. The van der Waals surface area contributed by atoms with E-state index in [0.29, 0.717) is 12.6 Å². The SMILES string of the molecule is NC(=NO)N1CCOC2CCCCC21. The van der Waals surface area contributed by atoms with E-state index < -0.39 is 0 Å². The molecule has 1 saturated carbocycles. The van der Waals surface area contributed by atoms with Gasteiger partial charge < -0.3 is 20.6 Å². The first-order valence-corrected chi connectivity index (χ1v) is 5.18. The summed E-state index contributed by atoms with van der Waals surface area (Å²) in [7, 11) is 0. The highest BCUT2D eigenvalue weighted by Crippen LogP contribution is 2.27. The van der Waals surface area contributed by atoms with E-state index in [4.69, 9.17) is 15.7 Å². The quantitative estimate of drug-likeness (QED) is 0.255. The third-order valence-electron chi connectivity index (χ3n) is 3.13. The van der Waals surface area contributed by atoms with Crippen molar-refractivity contribution >= 4 is 5.96 Å². The van der Waals surface area contributed by atoms with Gasteiger partial charge in [0.1, 0.15) is 0 Å². The van der Waals surface area contributed by atoms with Crippen LogP contribution >= 0.6 is 0 Å². The lowest BCUT2D eigenvalue weighted by atomic mass is 9.90. The minimum Gasteiger partial charge on any atom is -0.408 e. The summed E-state index contributed by atoms with van der Waals surface area (Å²) in [6.07, 6.45) is 4.89. The lowest BCUT2D eigenvalue weighted by Crippen LogP contribution is -2.56. The summed E-state index contributed by atoms with van der Waals surface area (Å²) in [6.45, 7) is 1.41. The van der Waals surface area contributed by atoms with Crippen LogP contribution in [0.4, 0.5) is 0 Å². The van der Waals surface area contributed by atoms with Gasteiger partial charge in [-0.15, -0.1) is 0 Å². The molecule has 0 aromatic heterocycles. The van der Waals surface area contributed by atoms with E-state index in [1.54, 1.807) is 0 Å². The number of hydrogen-bond donors (Lipinski definition) is 2. The zero-order chi connectivity index (χ0) is 9.97. The number of morpholine rings is 1. The third-order valence-corrected chi connectivity index (χ3v) is 3.13. The summed E-state index contributed by atoms with van der Waals surface area (Å²) in [5, 5.41) is 11.7. The van der Waals surface area contributed by atoms with Crippen molar-refractivity contribution in [2.75, 3.05) is 13.2 Å². The Kier molecular flexibility index (Phi) is 2.77. The zero-order valence-corrected chi connectivity index (χ0v) is 8.22. The predicted octanol–water partition coefficient (Wildman–Crippen LogP) is 0.334. The molecule has 0 radical (unpaired) electrons. The minimum atomic E-state index is 0.227. The van der Waals surface area contributed by atoms with Crippen LogP contribution in [0, 0.1) is 0 Å². The Morgan fingerprint density at radius 3 is 3.00 bits per heavy atom. The van der Waals surface area contributed by atoms with Crippen molar-refractivity contribution in [1.82, 2.24) is 4.90 Å². The molecule has 2 aliphatic rings. The molecule has 0 aromatic carbocycles. The standard InChI is InChI=1S/C9H17N3O2/c10-9(11-13)12-5-6-14-8-4-2-1-3-7(8)12/h7-8,13H,1-6H2,(H2,10,11). The average Bonchev–Trinajstić information content (AvgIpc) is 2.27. The molecule has 0 spiro atoms. The van der Waals surface area contributed by atoms with E-state index >= 15 is 0 Å². The van der Waals surface area contributed by atoms with Gasteiger partial charge in [0.05, 0.1) is 18.8 Å². The Hall–Kier alpha value is -0.970. The maximum Gasteiger partial charge on any atom is 0.233 e. The fraction of sp³-hybridized carbons (Fsp3) is 0.889. The molecular formula is C9H17N3O2. The lowest BCUT2D eigenvalue weighted by molar-refractivity contribution is -0.0648. The summed E-state index contributed by atoms with van der Waals surface area (Å²) >= 11 is 0. The number of guanidine groups is 1. The van der Waals surface area contributed by atoms with Gasteiger partial charge in [0.2, 0.25) is 5.96 Å². The van der Waals surface area contributed by atoms with Crippen molar-refractivity contribution in [3.8, 4) is 0 Å². The molecule has 2 atom stereocenters. The van der Waals surface area contributed by atoms with Crippen molar-refractivity contribution < 1.29 is 9.94 Å². The Morgan fingerprint density at radius 2 is 2.21 bits per heavy atom. The lowest BCUT2D eigenvalue weighted by Gasteiger charge is -2.43. The summed E-state index contributed by atoms with van der Waals surface area (Å²) in [6, 6.07) is 0.313. The van der Waals surface area contributed by atoms with Crippen molar-refractivity contribution in [2.24, 2.45) is 10.9 Å². The van der Waals surface area contributed by atoms with Gasteiger partial charge in [-0.1, -0.05) is 18.0 Å². The van der Waals surface area contributed by atoms with Gasteiger partial charge in [0.25, 0.3) is 0 Å². The van der Waals surface area contributed by atoms with Gasteiger partial charge in [-0.05, 0) is 12.8 Å². The normalized spacial score (nSPS) is 34.0. The molecule has 0 amide bonds. The molecule has 1 aliphatic carbocycles. The second-order valence-electron chi connectivity index (χ2n) is 3.91. The van der Waals surface area contributed by atoms with Gasteiger partial charge in [0, 0.05) is 6.54 Å². The van der Waals surface area contributed by atoms with Crippen LogP contribution in [0.3, 0.4) is 0 Å². The summed E-state index contributed by atoms with van der Waals surface area (Å²) < 4.78 is 5.67. The zero-order valence-electron chi connectivity index (χ0n) is 8.22. The van der Waals surface area contributed by atoms with E-state index in [2.05, 4.69) is 5.16 Å². The number of hydrogen-bond acceptors (Lipinski definition) is 3. The van der Waals surface area contributed by atoms with Crippen LogP contribution in [-0.4, -0.2) is 41.4 Å². The third kappa shape index (κ3) is 1.64. The summed E-state index contributed by atoms with van der Waals surface area (Å²) in [5.41, 5.74) is 5.63. The topological polar surface area (TPSA) is 71.1 Å². The molecule has 2 fully saturated rings. The van der Waals surface area contributed by atoms with Crippen LogP contribution in [0.25, 0.3) is 0 Å². The fourth-order valence-electron chi connectivity index (χ4n) is 2.44. The molecule has 3 N–H and O–H groups in total. The molecule has 14 heavy (non-hydrogen) atoms. The molecule has 5 nitrogen and oxygen atoms in total. The maximum atomic E-state index is 8.66. The van der Waals surface area contributed by atoms with E-state index in [0.717, 1.165) is 19.4 Å². The molecule has 1 heterocycles. The van der Waals surface area contributed by atoms with Crippen molar-refractivity contribution in [3.05, 3.63) is 0 Å². The van der Waals surface area contributed by atoms with Crippen LogP contribution in [0.15, 0.2) is 5.16 Å². The van der Waals surface area contributed by atoms with Gasteiger partial charge in [0.15, 0.2) is 0 Å². The minimum absolute atomic E-state index is 0.227. The largest absolute Gasteiger partial charge is 0.408 e. The smallest absolute Gasteiger partial charge is 0.233 e. The number of fused-ring (bicyclic) bond motifs is 1. The van der Waals surface area contributed by atoms with Gasteiger partial charge >= 0.3 is 0 Å². The average molecular weight is 199 g/mol. The molecule has 2 rings (SSSR count). The molecular weight excluding hydrogens is 182 g/mol. The monoisotopic (exact) mass is 199 g/mol. The van der Waals surface area contributed by atoms with Crippen LogP contribution in [0.5, 0.6) is 0 Å². The molecule has 0 bridgehead atoms. The van der Waals surface area contributed by atoms with Crippen LogP contribution < -0.4 is 5.73 Å². The number of nitrogens with two attached hydrogens (primary N) is 1. The first kappa shape index (κ1) is 9.58.